The molecule has 0 radical (unpaired) electrons. The van der Waals surface area contributed by atoms with Gasteiger partial charge in [-0.1, -0.05) is 6.07 Å². The third kappa shape index (κ3) is 3.10. The largest absolute Gasteiger partial charge is 0.481 e. The van der Waals surface area contributed by atoms with Gasteiger partial charge in [0.15, 0.2) is 5.82 Å². The van der Waals surface area contributed by atoms with Crippen LogP contribution in [0.3, 0.4) is 0 Å². The first-order valence-electron chi connectivity index (χ1n) is 7.99. The average molecular weight is 370 g/mol. The van der Waals surface area contributed by atoms with E-state index in [9.17, 15) is 13.2 Å². The number of aromatic nitrogens is 4. The van der Waals surface area contributed by atoms with Crippen LogP contribution in [0.2, 0.25) is 0 Å². The van der Waals surface area contributed by atoms with Gasteiger partial charge in [0, 0.05) is 12.3 Å². The molecule has 0 spiro atoms. The molecule has 0 amide bonds. The van der Waals surface area contributed by atoms with E-state index in [1.165, 1.54) is 19.4 Å². The Labute approximate surface area is 152 Å². The molecule has 1 aromatic carbocycles. The van der Waals surface area contributed by atoms with Gasteiger partial charge in [0.05, 0.1) is 35.6 Å². The van der Waals surface area contributed by atoms with Gasteiger partial charge in [-0.2, -0.15) is 13.2 Å². The summed E-state index contributed by atoms with van der Waals surface area (Å²) >= 11 is 0. The van der Waals surface area contributed by atoms with Gasteiger partial charge in [-0.15, -0.1) is 0 Å². The molecule has 3 heterocycles. The summed E-state index contributed by atoms with van der Waals surface area (Å²) in [5.74, 6) is 0.829. The van der Waals surface area contributed by atoms with Gasteiger partial charge in [-0.3, -0.25) is 9.55 Å². The maximum Gasteiger partial charge on any atom is 0.416 e. The normalized spacial score (nSPS) is 11.7. The first-order chi connectivity index (χ1) is 13.0. The van der Waals surface area contributed by atoms with Crippen molar-refractivity contribution in [2.45, 2.75) is 6.18 Å². The number of rotatable bonds is 3. The van der Waals surface area contributed by atoms with Crippen molar-refractivity contribution < 1.29 is 17.9 Å². The number of methoxy groups -OCH3 is 1. The van der Waals surface area contributed by atoms with Crippen LogP contribution >= 0.6 is 0 Å². The molecule has 4 aromatic rings. The molecule has 5 nitrogen and oxygen atoms in total. The average Bonchev–Trinajstić information content (AvgIpc) is 3.07. The summed E-state index contributed by atoms with van der Waals surface area (Å²) < 4.78 is 46.3. The van der Waals surface area contributed by atoms with E-state index >= 15 is 0 Å². The Morgan fingerprint density at radius 2 is 1.85 bits per heavy atom. The number of imidazole rings is 1. The summed E-state index contributed by atoms with van der Waals surface area (Å²) in [6.07, 6.45) is -1.33. The molecule has 0 atom stereocenters. The van der Waals surface area contributed by atoms with Crippen LogP contribution in [0.25, 0.3) is 28.2 Å². The topological polar surface area (TPSA) is 52.8 Å². The van der Waals surface area contributed by atoms with Gasteiger partial charge >= 0.3 is 6.18 Å². The van der Waals surface area contributed by atoms with E-state index in [1.54, 1.807) is 41.1 Å². The highest BCUT2D eigenvalue weighted by molar-refractivity contribution is 5.83. The zero-order valence-electron chi connectivity index (χ0n) is 14.1. The third-order valence-electron chi connectivity index (χ3n) is 4.06. The number of hydrogen-bond donors (Lipinski definition) is 0. The van der Waals surface area contributed by atoms with Crippen molar-refractivity contribution in [2.24, 2.45) is 0 Å². The van der Waals surface area contributed by atoms with E-state index < -0.39 is 11.7 Å². The van der Waals surface area contributed by atoms with Crippen molar-refractivity contribution in [2.75, 3.05) is 7.11 Å². The smallest absolute Gasteiger partial charge is 0.416 e. The van der Waals surface area contributed by atoms with E-state index in [4.69, 9.17) is 4.74 Å². The fourth-order valence-corrected chi connectivity index (χ4v) is 2.81. The number of halogens is 3. The van der Waals surface area contributed by atoms with E-state index in [0.29, 0.717) is 34.1 Å². The Bertz CT molecular complexity index is 1090. The standard InChI is InChI=1S/C19H13F3N4O/c1-27-17-8-6-13(11-24-17)26-16-10-12(19(20,21)22)5-7-14(16)25-18(26)15-4-2-3-9-23-15/h2-11H,1H3. The van der Waals surface area contributed by atoms with Crippen LogP contribution in [0.1, 0.15) is 5.56 Å². The van der Waals surface area contributed by atoms with Gasteiger partial charge < -0.3 is 4.74 Å². The number of benzene rings is 1. The highest BCUT2D eigenvalue weighted by atomic mass is 19.4. The lowest BCUT2D eigenvalue weighted by Gasteiger charge is -2.11. The van der Waals surface area contributed by atoms with Gasteiger partial charge in [0.2, 0.25) is 5.88 Å². The van der Waals surface area contributed by atoms with E-state index in [2.05, 4.69) is 15.0 Å². The Kier molecular flexibility index (Phi) is 4.02. The summed E-state index contributed by atoms with van der Waals surface area (Å²) in [5.41, 5.74) is 1.10. The molecule has 0 saturated carbocycles. The summed E-state index contributed by atoms with van der Waals surface area (Å²) in [7, 11) is 1.49. The van der Waals surface area contributed by atoms with Crippen LogP contribution in [0.4, 0.5) is 13.2 Å². The fourth-order valence-electron chi connectivity index (χ4n) is 2.81. The van der Waals surface area contributed by atoms with Crippen LogP contribution in [0.5, 0.6) is 5.88 Å². The summed E-state index contributed by atoms with van der Waals surface area (Å²) in [6, 6.07) is 12.1. The van der Waals surface area contributed by atoms with Gasteiger partial charge in [-0.25, -0.2) is 9.97 Å². The molecule has 0 N–H and O–H groups in total. The zero-order valence-corrected chi connectivity index (χ0v) is 14.1. The Hall–Kier alpha value is -3.42. The number of nitrogens with zero attached hydrogens (tertiary/aromatic N) is 4. The first-order valence-corrected chi connectivity index (χ1v) is 7.99. The molecule has 4 rings (SSSR count). The van der Waals surface area contributed by atoms with Crippen LogP contribution in [0, 0.1) is 0 Å². The molecule has 8 heteroatoms. The van der Waals surface area contributed by atoms with Crippen molar-refractivity contribution in [1.82, 2.24) is 19.5 Å². The molecule has 3 aromatic heterocycles. The minimum atomic E-state index is -4.45. The fraction of sp³-hybridized carbons (Fsp3) is 0.105. The number of fused-ring (bicyclic) bond motifs is 1. The van der Waals surface area contributed by atoms with Crippen LogP contribution in [0.15, 0.2) is 60.9 Å². The molecule has 0 saturated heterocycles. The molecule has 0 unspecified atom stereocenters. The maximum atomic E-state index is 13.2. The van der Waals surface area contributed by atoms with Crippen LogP contribution < -0.4 is 4.74 Å². The number of pyridine rings is 2. The van der Waals surface area contributed by atoms with Gasteiger partial charge in [0.25, 0.3) is 0 Å². The Balaban J connectivity index is 2.01. The number of alkyl halides is 3. The molecule has 0 aliphatic carbocycles. The summed E-state index contributed by atoms with van der Waals surface area (Å²) in [5, 5.41) is 0. The highest BCUT2D eigenvalue weighted by Crippen LogP contribution is 2.34. The van der Waals surface area contributed by atoms with E-state index in [1.807, 2.05) is 0 Å². The van der Waals surface area contributed by atoms with Crippen molar-refractivity contribution in [3.8, 4) is 23.1 Å². The van der Waals surface area contributed by atoms with Gasteiger partial charge in [-0.05, 0) is 36.4 Å². The lowest BCUT2D eigenvalue weighted by molar-refractivity contribution is -0.137. The predicted molar refractivity (Wildman–Crippen MR) is 93.7 cm³/mol. The number of hydrogen-bond acceptors (Lipinski definition) is 4. The van der Waals surface area contributed by atoms with E-state index in [-0.39, 0.29) is 0 Å². The quantitative estimate of drug-likeness (QED) is 0.532. The number of ether oxygens (including phenoxy) is 1. The molecule has 136 valence electrons. The van der Waals surface area contributed by atoms with Crippen molar-refractivity contribution in [3.63, 3.8) is 0 Å². The van der Waals surface area contributed by atoms with Crippen molar-refractivity contribution >= 4 is 11.0 Å². The van der Waals surface area contributed by atoms with Crippen LogP contribution in [-0.4, -0.2) is 26.6 Å². The van der Waals surface area contributed by atoms with Crippen molar-refractivity contribution in [1.29, 1.82) is 0 Å². The minimum Gasteiger partial charge on any atom is -0.481 e. The Morgan fingerprint density at radius 1 is 1.00 bits per heavy atom. The molecule has 27 heavy (non-hydrogen) atoms. The minimum absolute atomic E-state index is 0.317. The molecular weight excluding hydrogens is 357 g/mol. The molecule has 0 aliphatic rings. The molecule has 0 bridgehead atoms. The lowest BCUT2D eigenvalue weighted by Crippen LogP contribution is -2.05. The third-order valence-corrected chi connectivity index (χ3v) is 4.06. The molecule has 0 aliphatic heterocycles. The monoisotopic (exact) mass is 370 g/mol. The molecule has 0 fully saturated rings. The zero-order chi connectivity index (χ0) is 19.0. The lowest BCUT2D eigenvalue weighted by atomic mass is 10.2. The summed E-state index contributed by atoms with van der Waals surface area (Å²) in [4.78, 5) is 12.9. The van der Waals surface area contributed by atoms with E-state index in [0.717, 1.165) is 12.1 Å². The SMILES string of the molecule is COc1ccc(-n2c(-c3ccccn3)nc3ccc(C(F)(F)F)cc32)cn1. The van der Waals surface area contributed by atoms with Crippen LogP contribution in [-0.2, 0) is 6.18 Å². The summed E-state index contributed by atoms with van der Waals surface area (Å²) in [6.45, 7) is 0. The van der Waals surface area contributed by atoms with Gasteiger partial charge in [0.1, 0.15) is 5.69 Å². The van der Waals surface area contributed by atoms with Crippen molar-refractivity contribution in [3.05, 3.63) is 66.5 Å². The Morgan fingerprint density at radius 3 is 2.48 bits per heavy atom. The molecular formula is C19H13F3N4O. The second kappa shape index (κ2) is 6.39. The highest BCUT2D eigenvalue weighted by Gasteiger charge is 2.31. The predicted octanol–water partition coefficient (Wildman–Crippen LogP) is 4.51. The second-order valence-corrected chi connectivity index (χ2v) is 5.75. The maximum absolute atomic E-state index is 13.2. The second-order valence-electron chi connectivity index (χ2n) is 5.75. The first kappa shape index (κ1) is 17.0.